The van der Waals surface area contributed by atoms with E-state index in [4.69, 9.17) is 23.2 Å². The van der Waals surface area contributed by atoms with Gasteiger partial charge in [0.2, 0.25) is 0 Å². The molecule has 1 aliphatic heterocycles. The minimum Gasteiger partial charge on any atom is -0.355 e. The first kappa shape index (κ1) is 16.2. The van der Waals surface area contributed by atoms with E-state index in [-0.39, 0.29) is 12.1 Å². The van der Waals surface area contributed by atoms with Gasteiger partial charge in [0.25, 0.3) is 0 Å². The molecule has 0 aromatic carbocycles. The molecule has 0 atom stereocenters. The van der Waals surface area contributed by atoms with Gasteiger partial charge in [-0.15, -0.1) is 0 Å². The highest BCUT2D eigenvalue weighted by Gasteiger charge is 2.27. The fourth-order valence-electron chi connectivity index (χ4n) is 2.58. The molecule has 0 spiro atoms. The Labute approximate surface area is 135 Å². The summed E-state index contributed by atoms with van der Waals surface area (Å²) >= 11 is 12.1. The molecule has 0 unspecified atom stereocenters. The standard InChI is InChI=1S/C14H20Cl2N4O/c1-18(2)14(21)19(3)11-4-6-20(7-5-11)13-12(16)8-10(15)9-17-13/h8-9,11H,4-7H2,1-3H3. The van der Waals surface area contributed by atoms with Crippen molar-refractivity contribution in [2.75, 3.05) is 39.1 Å². The normalized spacial score (nSPS) is 16.0. The average Bonchev–Trinajstić information content (AvgIpc) is 2.46. The molecule has 2 rings (SSSR count). The monoisotopic (exact) mass is 330 g/mol. The zero-order chi connectivity index (χ0) is 15.6. The van der Waals surface area contributed by atoms with Crippen LogP contribution in [0.3, 0.4) is 0 Å². The fourth-order valence-corrected chi connectivity index (χ4v) is 3.08. The van der Waals surface area contributed by atoms with E-state index in [0.717, 1.165) is 31.7 Å². The number of halogens is 2. The first-order chi connectivity index (χ1) is 9.90. The van der Waals surface area contributed by atoms with Crippen LogP contribution in [0.1, 0.15) is 12.8 Å². The van der Waals surface area contributed by atoms with Crippen molar-refractivity contribution in [1.29, 1.82) is 0 Å². The molecule has 1 fully saturated rings. The minimum absolute atomic E-state index is 0.0381. The van der Waals surface area contributed by atoms with Crippen LogP contribution in [0.5, 0.6) is 0 Å². The van der Waals surface area contributed by atoms with Crippen molar-refractivity contribution in [2.24, 2.45) is 0 Å². The summed E-state index contributed by atoms with van der Waals surface area (Å²) in [5, 5.41) is 1.11. The Bertz CT molecular complexity index is 516. The third-order valence-electron chi connectivity index (χ3n) is 3.78. The Morgan fingerprint density at radius 2 is 1.90 bits per heavy atom. The average molecular weight is 331 g/mol. The number of carbonyl (C=O) groups is 1. The third kappa shape index (κ3) is 3.71. The van der Waals surface area contributed by atoms with E-state index in [1.165, 1.54) is 0 Å². The molecule has 21 heavy (non-hydrogen) atoms. The second kappa shape index (κ2) is 6.71. The molecule has 1 aromatic rings. The van der Waals surface area contributed by atoms with Crippen LogP contribution in [-0.2, 0) is 0 Å². The number of pyridine rings is 1. The van der Waals surface area contributed by atoms with E-state index in [9.17, 15) is 4.79 Å². The van der Waals surface area contributed by atoms with Crippen molar-refractivity contribution in [3.8, 4) is 0 Å². The molecule has 1 saturated heterocycles. The van der Waals surface area contributed by atoms with Gasteiger partial charge < -0.3 is 14.7 Å². The fraction of sp³-hybridized carbons (Fsp3) is 0.571. The molecular formula is C14H20Cl2N4O. The number of piperidine rings is 1. The predicted molar refractivity (Wildman–Crippen MR) is 86.3 cm³/mol. The summed E-state index contributed by atoms with van der Waals surface area (Å²) in [7, 11) is 5.40. The summed E-state index contributed by atoms with van der Waals surface area (Å²) in [6, 6.07) is 2.00. The first-order valence-electron chi connectivity index (χ1n) is 6.90. The lowest BCUT2D eigenvalue weighted by molar-refractivity contribution is 0.155. The number of rotatable bonds is 2. The lowest BCUT2D eigenvalue weighted by Gasteiger charge is -2.38. The number of carbonyl (C=O) groups excluding carboxylic acids is 1. The number of aromatic nitrogens is 1. The van der Waals surface area contributed by atoms with Gasteiger partial charge in [0.15, 0.2) is 0 Å². The molecule has 0 radical (unpaired) electrons. The highest BCUT2D eigenvalue weighted by atomic mass is 35.5. The molecule has 0 saturated carbocycles. The van der Waals surface area contributed by atoms with Crippen LogP contribution < -0.4 is 4.90 Å². The SMILES string of the molecule is CN(C)C(=O)N(C)C1CCN(c2ncc(Cl)cc2Cl)CC1. The molecule has 0 N–H and O–H groups in total. The smallest absolute Gasteiger partial charge is 0.319 e. The van der Waals surface area contributed by atoms with E-state index in [2.05, 4.69) is 9.88 Å². The largest absolute Gasteiger partial charge is 0.355 e. The summed E-state index contributed by atoms with van der Waals surface area (Å²) in [4.78, 5) is 21.8. The Morgan fingerprint density at radius 1 is 1.29 bits per heavy atom. The van der Waals surface area contributed by atoms with Crippen molar-refractivity contribution in [1.82, 2.24) is 14.8 Å². The zero-order valence-electron chi connectivity index (χ0n) is 12.5. The topological polar surface area (TPSA) is 39.7 Å². The molecule has 2 amide bonds. The van der Waals surface area contributed by atoms with E-state index in [0.29, 0.717) is 10.0 Å². The predicted octanol–water partition coefficient (Wildman–Crippen LogP) is 2.97. The number of hydrogen-bond donors (Lipinski definition) is 0. The van der Waals surface area contributed by atoms with Gasteiger partial charge in [-0.1, -0.05) is 23.2 Å². The Hall–Kier alpha value is -1.20. The number of nitrogens with zero attached hydrogens (tertiary/aromatic N) is 4. The van der Waals surface area contributed by atoms with Crippen molar-refractivity contribution in [2.45, 2.75) is 18.9 Å². The number of anilines is 1. The maximum atomic E-state index is 12.0. The van der Waals surface area contributed by atoms with Crippen LogP contribution >= 0.6 is 23.2 Å². The van der Waals surface area contributed by atoms with Gasteiger partial charge in [0.1, 0.15) is 5.82 Å². The second-order valence-corrected chi connectivity index (χ2v) is 6.31. The zero-order valence-corrected chi connectivity index (χ0v) is 14.0. The molecule has 5 nitrogen and oxygen atoms in total. The summed E-state index contributed by atoms with van der Waals surface area (Å²) < 4.78 is 0. The molecule has 0 aliphatic carbocycles. The van der Waals surface area contributed by atoms with E-state index < -0.39 is 0 Å². The number of hydrogen-bond acceptors (Lipinski definition) is 3. The highest BCUT2D eigenvalue weighted by Crippen LogP contribution is 2.29. The lowest BCUT2D eigenvalue weighted by Crippen LogP contribution is -2.48. The maximum absolute atomic E-state index is 12.0. The van der Waals surface area contributed by atoms with Crippen molar-refractivity contribution < 1.29 is 4.79 Å². The summed E-state index contributed by atoms with van der Waals surface area (Å²) in [6.07, 6.45) is 3.41. The van der Waals surface area contributed by atoms with Crippen molar-refractivity contribution in [3.05, 3.63) is 22.3 Å². The summed E-state index contributed by atoms with van der Waals surface area (Å²) in [6.45, 7) is 1.65. The summed E-state index contributed by atoms with van der Waals surface area (Å²) in [5.41, 5.74) is 0. The van der Waals surface area contributed by atoms with Crippen LogP contribution in [0.15, 0.2) is 12.3 Å². The number of amides is 2. The highest BCUT2D eigenvalue weighted by molar-refractivity contribution is 6.36. The van der Waals surface area contributed by atoms with Crippen LogP contribution in [0, 0.1) is 0 Å². The molecule has 7 heteroatoms. The van der Waals surface area contributed by atoms with Gasteiger partial charge >= 0.3 is 6.03 Å². The van der Waals surface area contributed by atoms with Gasteiger partial charge in [-0.3, -0.25) is 0 Å². The van der Waals surface area contributed by atoms with Gasteiger partial charge in [-0.2, -0.15) is 0 Å². The van der Waals surface area contributed by atoms with Crippen LogP contribution in [-0.4, -0.2) is 61.1 Å². The van der Waals surface area contributed by atoms with Gasteiger partial charge in [0, 0.05) is 46.5 Å². The van der Waals surface area contributed by atoms with Gasteiger partial charge in [-0.05, 0) is 18.9 Å². The van der Waals surface area contributed by atoms with E-state index in [1.54, 1.807) is 31.3 Å². The Kier molecular flexibility index (Phi) is 5.17. The second-order valence-electron chi connectivity index (χ2n) is 5.47. The molecule has 2 heterocycles. The Balaban J connectivity index is 1.98. The maximum Gasteiger partial charge on any atom is 0.319 e. The quantitative estimate of drug-likeness (QED) is 0.836. The molecular weight excluding hydrogens is 311 g/mol. The van der Waals surface area contributed by atoms with Crippen molar-refractivity contribution in [3.63, 3.8) is 0 Å². The minimum atomic E-state index is 0.0381. The first-order valence-corrected chi connectivity index (χ1v) is 7.66. The third-order valence-corrected chi connectivity index (χ3v) is 4.27. The number of urea groups is 1. The molecule has 1 aromatic heterocycles. The molecule has 116 valence electrons. The summed E-state index contributed by atoms with van der Waals surface area (Å²) in [5.74, 6) is 0.765. The van der Waals surface area contributed by atoms with Crippen LogP contribution in [0.25, 0.3) is 0 Å². The van der Waals surface area contributed by atoms with Gasteiger partial charge in [0.05, 0.1) is 10.0 Å². The van der Waals surface area contributed by atoms with Crippen LogP contribution in [0.4, 0.5) is 10.6 Å². The molecule has 0 bridgehead atoms. The van der Waals surface area contributed by atoms with E-state index in [1.807, 2.05) is 11.9 Å². The van der Waals surface area contributed by atoms with E-state index >= 15 is 0 Å². The Morgan fingerprint density at radius 3 is 2.43 bits per heavy atom. The van der Waals surface area contributed by atoms with Crippen LogP contribution in [0.2, 0.25) is 10.0 Å². The van der Waals surface area contributed by atoms with Crippen molar-refractivity contribution >= 4 is 35.1 Å². The lowest BCUT2D eigenvalue weighted by atomic mass is 10.0. The van der Waals surface area contributed by atoms with Gasteiger partial charge in [-0.25, -0.2) is 9.78 Å². The molecule has 1 aliphatic rings.